The number of nitrogens with zero attached hydrogens (tertiary/aromatic N) is 2. The largest absolute Gasteiger partial charge is 0.368 e. The van der Waals surface area contributed by atoms with E-state index in [0.29, 0.717) is 6.04 Å². The Morgan fingerprint density at radius 1 is 1.32 bits per heavy atom. The number of benzene rings is 1. The molecule has 1 aromatic rings. The fourth-order valence-corrected chi connectivity index (χ4v) is 3.04. The number of hydrogen-bond acceptors (Lipinski definition) is 3. The second-order valence-electron chi connectivity index (χ2n) is 5.59. The van der Waals surface area contributed by atoms with Gasteiger partial charge in [-0.15, -0.1) is 0 Å². The minimum atomic E-state index is 0.641. The highest BCUT2D eigenvalue weighted by Crippen LogP contribution is 2.24. The molecule has 2 rings (SSSR count). The zero-order valence-corrected chi connectivity index (χ0v) is 12.7. The molecule has 1 aliphatic rings. The Morgan fingerprint density at radius 2 is 2.11 bits per heavy atom. The summed E-state index contributed by atoms with van der Waals surface area (Å²) in [5.41, 5.74) is 4.16. The number of aryl methyl sites for hydroxylation is 1. The molecule has 1 atom stereocenters. The van der Waals surface area contributed by atoms with Crippen molar-refractivity contribution >= 4 is 5.69 Å². The van der Waals surface area contributed by atoms with Crippen molar-refractivity contribution in [2.24, 2.45) is 0 Å². The molecule has 106 valence electrons. The number of hydrogen-bond donors (Lipinski definition) is 1. The van der Waals surface area contributed by atoms with Gasteiger partial charge in [-0.2, -0.15) is 0 Å². The van der Waals surface area contributed by atoms with Gasteiger partial charge in [0, 0.05) is 37.9 Å². The van der Waals surface area contributed by atoms with Crippen LogP contribution in [0.3, 0.4) is 0 Å². The Bertz CT molecular complexity index is 416. The second-order valence-corrected chi connectivity index (χ2v) is 5.59. The zero-order chi connectivity index (χ0) is 13.8. The van der Waals surface area contributed by atoms with Crippen molar-refractivity contribution in [3.8, 4) is 0 Å². The van der Waals surface area contributed by atoms with Crippen LogP contribution >= 0.6 is 0 Å². The van der Waals surface area contributed by atoms with Gasteiger partial charge < -0.3 is 10.2 Å². The number of likely N-dealkylation sites (N-methyl/N-ethyl adjacent to an activating group) is 1. The van der Waals surface area contributed by atoms with Gasteiger partial charge in [-0.25, -0.2) is 0 Å². The van der Waals surface area contributed by atoms with E-state index in [-0.39, 0.29) is 0 Å². The summed E-state index contributed by atoms with van der Waals surface area (Å²) in [6, 6.07) is 7.46. The van der Waals surface area contributed by atoms with E-state index in [4.69, 9.17) is 0 Å². The van der Waals surface area contributed by atoms with Crippen molar-refractivity contribution in [1.82, 2.24) is 10.2 Å². The van der Waals surface area contributed by atoms with E-state index in [9.17, 15) is 0 Å². The Balaban J connectivity index is 2.18. The van der Waals surface area contributed by atoms with Gasteiger partial charge in [-0.05, 0) is 39.1 Å². The van der Waals surface area contributed by atoms with E-state index in [0.717, 1.165) is 26.2 Å². The average molecular weight is 261 g/mol. The van der Waals surface area contributed by atoms with E-state index in [1.54, 1.807) is 0 Å². The molecule has 1 fully saturated rings. The Labute approximate surface area is 117 Å². The highest BCUT2D eigenvalue weighted by atomic mass is 15.3. The van der Waals surface area contributed by atoms with Gasteiger partial charge in [0.1, 0.15) is 0 Å². The third kappa shape index (κ3) is 3.28. The van der Waals surface area contributed by atoms with Gasteiger partial charge >= 0.3 is 0 Å². The molecule has 0 spiro atoms. The lowest BCUT2D eigenvalue weighted by Gasteiger charge is -2.41. The van der Waals surface area contributed by atoms with Crippen molar-refractivity contribution in [3.63, 3.8) is 0 Å². The lowest BCUT2D eigenvalue weighted by molar-refractivity contribution is 0.199. The molecule has 1 saturated heterocycles. The summed E-state index contributed by atoms with van der Waals surface area (Å²) in [6.45, 7) is 12.3. The van der Waals surface area contributed by atoms with Crippen LogP contribution in [0.4, 0.5) is 5.69 Å². The van der Waals surface area contributed by atoms with Crippen LogP contribution in [-0.2, 0) is 6.54 Å². The zero-order valence-electron chi connectivity index (χ0n) is 12.7. The summed E-state index contributed by atoms with van der Waals surface area (Å²) in [6.07, 6.45) is 0. The smallest absolute Gasteiger partial charge is 0.0413 e. The third-order valence-electron chi connectivity index (χ3n) is 4.11. The van der Waals surface area contributed by atoms with Crippen LogP contribution in [0.15, 0.2) is 18.2 Å². The summed E-state index contributed by atoms with van der Waals surface area (Å²) < 4.78 is 0. The van der Waals surface area contributed by atoms with E-state index in [1.807, 2.05) is 7.05 Å². The van der Waals surface area contributed by atoms with Gasteiger partial charge in [-0.1, -0.05) is 24.6 Å². The molecule has 1 unspecified atom stereocenters. The monoisotopic (exact) mass is 261 g/mol. The van der Waals surface area contributed by atoms with Crippen LogP contribution in [-0.4, -0.2) is 44.2 Å². The molecular weight excluding hydrogens is 234 g/mol. The molecule has 0 aromatic heterocycles. The molecule has 1 N–H and O–H groups in total. The molecule has 1 heterocycles. The van der Waals surface area contributed by atoms with E-state index >= 15 is 0 Å². The van der Waals surface area contributed by atoms with Crippen LogP contribution in [0, 0.1) is 6.92 Å². The molecule has 19 heavy (non-hydrogen) atoms. The van der Waals surface area contributed by atoms with Crippen LogP contribution < -0.4 is 10.2 Å². The fraction of sp³-hybridized carbons (Fsp3) is 0.625. The van der Waals surface area contributed by atoms with Crippen LogP contribution in [0.25, 0.3) is 0 Å². The molecule has 1 aliphatic heterocycles. The molecule has 1 aromatic carbocycles. The first-order valence-corrected chi connectivity index (χ1v) is 7.38. The summed E-state index contributed by atoms with van der Waals surface area (Å²) in [5.74, 6) is 0. The van der Waals surface area contributed by atoms with Crippen LogP contribution in [0.1, 0.15) is 25.0 Å². The number of nitrogens with one attached hydrogen (secondary N) is 1. The second kappa shape index (κ2) is 6.40. The van der Waals surface area contributed by atoms with Gasteiger partial charge in [0.05, 0.1) is 0 Å². The Morgan fingerprint density at radius 3 is 2.74 bits per heavy atom. The van der Waals surface area contributed by atoms with Crippen molar-refractivity contribution in [2.45, 2.75) is 33.4 Å². The third-order valence-corrected chi connectivity index (χ3v) is 4.11. The van der Waals surface area contributed by atoms with E-state index < -0.39 is 0 Å². The summed E-state index contributed by atoms with van der Waals surface area (Å²) in [4.78, 5) is 5.10. The Kier molecular flexibility index (Phi) is 4.83. The standard InChI is InChI=1S/C16H27N3/c1-5-18-8-9-19(12-14(18)3)16-7-6-13(2)10-15(16)11-17-4/h6-7,10,14,17H,5,8-9,11-12H2,1-4H3. The average Bonchev–Trinajstić information content (AvgIpc) is 2.39. The molecule has 0 saturated carbocycles. The fourth-order valence-electron chi connectivity index (χ4n) is 3.04. The van der Waals surface area contributed by atoms with Gasteiger partial charge in [0.2, 0.25) is 0 Å². The van der Waals surface area contributed by atoms with E-state index in [2.05, 4.69) is 54.1 Å². The molecule has 0 aliphatic carbocycles. The lowest BCUT2D eigenvalue weighted by Crippen LogP contribution is -2.52. The van der Waals surface area contributed by atoms with Crippen molar-refractivity contribution in [2.75, 3.05) is 38.1 Å². The summed E-state index contributed by atoms with van der Waals surface area (Å²) in [5, 5.41) is 3.28. The van der Waals surface area contributed by atoms with Crippen molar-refractivity contribution < 1.29 is 0 Å². The molecule has 0 radical (unpaired) electrons. The molecule has 0 bridgehead atoms. The predicted octanol–water partition coefficient (Wildman–Crippen LogP) is 2.24. The van der Waals surface area contributed by atoms with Gasteiger partial charge in [-0.3, -0.25) is 4.90 Å². The van der Waals surface area contributed by atoms with Crippen LogP contribution in [0.5, 0.6) is 0 Å². The summed E-state index contributed by atoms with van der Waals surface area (Å²) >= 11 is 0. The van der Waals surface area contributed by atoms with Gasteiger partial charge in [0.15, 0.2) is 0 Å². The number of piperazine rings is 1. The molecule has 3 nitrogen and oxygen atoms in total. The topological polar surface area (TPSA) is 18.5 Å². The lowest BCUT2D eigenvalue weighted by atomic mass is 10.1. The minimum absolute atomic E-state index is 0.641. The quantitative estimate of drug-likeness (QED) is 0.897. The van der Waals surface area contributed by atoms with Crippen molar-refractivity contribution in [1.29, 1.82) is 0 Å². The first kappa shape index (κ1) is 14.4. The normalized spacial score (nSPS) is 20.8. The number of anilines is 1. The number of rotatable bonds is 4. The maximum absolute atomic E-state index is 3.28. The van der Waals surface area contributed by atoms with E-state index in [1.165, 1.54) is 23.4 Å². The Hall–Kier alpha value is -1.06. The SMILES string of the molecule is CCN1CCN(c2ccc(C)cc2CNC)CC1C. The maximum atomic E-state index is 3.28. The highest BCUT2D eigenvalue weighted by Gasteiger charge is 2.23. The van der Waals surface area contributed by atoms with Crippen LogP contribution in [0.2, 0.25) is 0 Å². The van der Waals surface area contributed by atoms with Crippen molar-refractivity contribution in [3.05, 3.63) is 29.3 Å². The molecule has 3 heteroatoms. The molecule has 0 amide bonds. The van der Waals surface area contributed by atoms with Gasteiger partial charge in [0.25, 0.3) is 0 Å². The maximum Gasteiger partial charge on any atom is 0.0413 e. The highest BCUT2D eigenvalue weighted by molar-refractivity contribution is 5.55. The first-order chi connectivity index (χ1) is 9.15. The predicted molar refractivity (Wildman–Crippen MR) is 82.9 cm³/mol. The molecular formula is C16H27N3. The minimum Gasteiger partial charge on any atom is -0.368 e. The first-order valence-electron chi connectivity index (χ1n) is 7.38. The summed E-state index contributed by atoms with van der Waals surface area (Å²) in [7, 11) is 2.02.